The Morgan fingerprint density at radius 2 is 1.86 bits per heavy atom. The molecule has 1 saturated carbocycles. The van der Waals surface area contributed by atoms with E-state index in [0.29, 0.717) is 5.78 Å². The van der Waals surface area contributed by atoms with Crippen LogP contribution in [-0.2, 0) is 10.2 Å². The van der Waals surface area contributed by atoms with Gasteiger partial charge in [-0.1, -0.05) is 36.8 Å². The van der Waals surface area contributed by atoms with Crippen molar-refractivity contribution < 1.29 is 4.79 Å². The molecule has 0 aromatic heterocycles. The van der Waals surface area contributed by atoms with Crippen molar-refractivity contribution in [3.63, 3.8) is 0 Å². The third kappa shape index (κ3) is 1.59. The first-order chi connectivity index (χ1) is 6.60. The van der Waals surface area contributed by atoms with E-state index >= 15 is 0 Å². The maximum absolute atomic E-state index is 11.3. The molecule has 0 saturated heterocycles. The van der Waals surface area contributed by atoms with E-state index in [0.717, 1.165) is 19.3 Å². The monoisotopic (exact) mass is 188 g/mol. The van der Waals surface area contributed by atoms with Gasteiger partial charge in [0, 0.05) is 12.8 Å². The molecule has 1 fully saturated rings. The Kier molecular flexibility index (Phi) is 2.18. The Bertz CT molecular complexity index is 350. The van der Waals surface area contributed by atoms with E-state index in [-0.39, 0.29) is 5.41 Å². The molecule has 1 aromatic carbocycles. The molecule has 0 radical (unpaired) electrons. The number of Topliss-reactive ketones (excluding diaryl/α,β-unsaturated/α-hetero) is 1. The number of carbonyl (C=O) groups excluding carboxylic acids is 1. The SMILES string of the molecule is Cc1ccc(C2(C)CCC(=O)C2)cc1. The van der Waals surface area contributed by atoms with Crippen molar-refractivity contribution in [2.45, 2.75) is 38.5 Å². The zero-order valence-corrected chi connectivity index (χ0v) is 8.84. The second-order valence-corrected chi connectivity index (χ2v) is 4.64. The highest BCUT2D eigenvalue weighted by molar-refractivity contribution is 5.82. The molecule has 14 heavy (non-hydrogen) atoms. The highest BCUT2D eigenvalue weighted by atomic mass is 16.1. The average molecular weight is 188 g/mol. The van der Waals surface area contributed by atoms with Gasteiger partial charge in [0.25, 0.3) is 0 Å². The number of carbonyl (C=O) groups is 1. The molecule has 1 aliphatic carbocycles. The first-order valence-corrected chi connectivity index (χ1v) is 5.19. The molecule has 0 bridgehead atoms. The molecule has 0 N–H and O–H groups in total. The zero-order valence-electron chi connectivity index (χ0n) is 8.84. The molecule has 1 aliphatic rings. The molecule has 1 heteroatoms. The van der Waals surface area contributed by atoms with E-state index in [4.69, 9.17) is 0 Å². The molecule has 0 heterocycles. The number of aryl methyl sites for hydroxylation is 1. The van der Waals surface area contributed by atoms with Gasteiger partial charge in [0.2, 0.25) is 0 Å². The minimum Gasteiger partial charge on any atom is -0.300 e. The number of hydrogen-bond donors (Lipinski definition) is 0. The lowest BCUT2D eigenvalue weighted by molar-refractivity contribution is -0.117. The lowest BCUT2D eigenvalue weighted by atomic mass is 9.81. The van der Waals surface area contributed by atoms with E-state index in [9.17, 15) is 4.79 Å². The van der Waals surface area contributed by atoms with Gasteiger partial charge in [-0.15, -0.1) is 0 Å². The molecule has 1 nitrogen and oxygen atoms in total. The minimum atomic E-state index is 0.102. The number of benzene rings is 1. The fourth-order valence-corrected chi connectivity index (χ4v) is 2.23. The van der Waals surface area contributed by atoms with Gasteiger partial charge in [-0.3, -0.25) is 4.79 Å². The van der Waals surface area contributed by atoms with Crippen molar-refractivity contribution in [2.75, 3.05) is 0 Å². The van der Waals surface area contributed by atoms with Gasteiger partial charge in [-0.05, 0) is 24.3 Å². The molecule has 1 aromatic rings. The molecule has 74 valence electrons. The van der Waals surface area contributed by atoms with Crippen molar-refractivity contribution in [3.05, 3.63) is 35.4 Å². The van der Waals surface area contributed by atoms with Crippen molar-refractivity contribution >= 4 is 5.78 Å². The Morgan fingerprint density at radius 1 is 1.21 bits per heavy atom. The Labute approximate surface area is 85.1 Å². The van der Waals surface area contributed by atoms with Gasteiger partial charge in [-0.25, -0.2) is 0 Å². The van der Waals surface area contributed by atoms with Crippen LogP contribution in [0.5, 0.6) is 0 Å². The highest BCUT2D eigenvalue weighted by Crippen LogP contribution is 2.38. The summed E-state index contributed by atoms with van der Waals surface area (Å²) in [5.74, 6) is 0.410. The van der Waals surface area contributed by atoms with E-state index in [2.05, 4.69) is 38.1 Å². The predicted octanol–water partition coefficient (Wildman–Crippen LogP) is 3.01. The summed E-state index contributed by atoms with van der Waals surface area (Å²) in [5, 5.41) is 0. The van der Waals surface area contributed by atoms with Crippen LogP contribution in [0.25, 0.3) is 0 Å². The molecule has 0 spiro atoms. The van der Waals surface area contributed by atoms with Crippen LogP contribution in [-0.4, -0.2) is 5.78 Å². The summed E-state index contributed by atoms with van der Waals surface area (Å²) in [6.45, 7) is 4.29. The van der Waals surface area contributed by atoms with Crippen LogP contribution in [0.15, 0.2) is 24.3 Å². The van der Waals surface area contributed by atoms with Gasteiger partial charge in [0.05, 0.1) is 0 Å². The van der Waals surface area contributed by atoms with Gasteiger partial charge >= 0.3 is 0 Å². The second-order valence-electron chi connectivity index (χ2n) is 4.64. The fourth-order valence-electron chi connectivity index (χ4n) is 2.23. The Hall–Kier alpha value is -1.11. The third-order valence-electron chi connectivity index (χ3n) is 3.29. The summed E-state index contributed by atoms with van der Waals surface area (Å²) >= 11 is 0. The molecule has 2 rings (SSSR count). The van der Waals surface area contributed by atoms with Crippen molar-refractivity contribution in [3.8, 4) is 0 Å². The average Bonchev–Trinajstić information content (AvgIpc) is 2.48. The topological polar surface area (TPSA) is 17.1 Å². The van der Waals surface area contributed by atoms with Crippen molar-refractivity contribution in [2.24, 2.45) is 0 Å². The number of ketones is 1. The Morgan fingerprint density at radius 3 is 2.36 bits per heavy atom. The van der Waals surface area contributed by atoms with Crippen LogP contribution in [0.1, 0.15) is 37.3 Å². The van der Waals surface area contributed by atoms with Crippen LogP contribution in [0, 0.1) is 6.92 Å². The van der Waals surface area contributed by atoms with E-state index in [1.54, 1.807) is 0 Å². The van der Waals surface area contributed by atoms with Crippen molar-refractivity contribution in [1.82, 2.24) is 0 Å². The summed E-state index contributed by atoms with van der Waals surface area (Å²) < 4.78 is 0. The number of hydrogen-bond acceptors (Lipinski definition) is 1. The second kappa shape index (κ2) is 3.23. The van der Waals surface area contributed by atoms with Crippen LogP contribution in [0.4, 0.5) is 0 Å². The molecule has 0 aliphatic heterocycles. The zero-order chi connectivity index (χ0) is 10.2. The van der Waals surface area contributed by atoms with Gasteiger partial charge in [0.1, 0.15) is 5.78 Å². The predicted molar refractivity (Wildman–Crippen MR) is 57.4 cm³/mol. The molecular weight excluding hydrogens is 172 g/mol. The van der Waals surface area contributed by atoms with E-state index in [1.165, 1.54) is 11.1 Å². The van der Waals surface area contributed by atoms with E-state index in [1.807, 2.05) is 0 Å². The lowest BCUT2D eigenvalue weighted by Crippen LogP contribution is -2.17. The summed E-state index contributed by atoms with van der Waals surface area (Å²) in [6, 6.07) is 8.58. The smallest absolute Gasteiger partial charge is 0.133 e. The first-order valence-electron chi connectivity index (χ1n) is 5.19. The third-order valence-corrected chi connectivity index (χ3v) is 3.29. The normalized spacial score (nSPS) is 26.9. The van der Waals surface area contributed by atoms with Gasteiger partial charge < -0.3 is 0 Å². The summed E-state index contributed by atoms with van der Waals surface area (Å²) in [5.41, 5.74) is 2.70. The molecule has 1 unspecified atom stereocenters. The van der Waals surface area contributed by atoms with Gasteiger partial charge in [0.15, 0.2) is 0 Å². The van der Waals surface area contributed by atoms with Crippen LogP contribution < -0.4 is 0 Å². The standard InChI is InChI=1S/C13H16O/c1-10-3-5-11(6-4-10)13(2)8-7-12(14)9-13/h3-6H,7-9H2,1-2H3. The molecular formula is C13H16O. The van der Waals surface area contributed by atoms with E-state index < -0.39 is 0 Å². The lowest BCUT2D eigenvalue weighted by Gasteiger charge is -2.23. The maximum atomic E-state index is 11.3. The molecule has 0 amide bonds. The Balaban J connectivity index is 2.30. The largest absolute Gasteiger partial charge is 0.300 e. The summed E-state index contributed by atoms with van der Waals surface area (Å²) in [7, 11) is 0. The minimum absolute atomic E-state index is 0.102. The first kappa shape index (κ1) is 9.45. The quantitative estimate of drug-likeness (QED) is 0.662. The maximum Gasteiger partial charge on any atom is 0.133 e. The molecule has 1 atom stereocenters. The highest BCUT2D eigenvalue weighted by Gasteiger charge is 2.35. The summed E-state index contributed by atoms with van der Waals surface area (Å²) in [4.78, 5) is 11.3. The van der Waals surface area contributed by atoms with Gasteiger partial charge in [-0.2, -0.15) is 0 Å². The summed E-state index contributed by atoms with van der Waals surface area (Å²) in [6.07, 6.45) is 2.48. The van der Waals surface area contributed by atoms with Crippen molar-refractivity contribution in [1.29, 1.82) is 0 Å². The van der Waals surface area contributed by atoms with Crippen LogP contribution in [0.2, 0.25) is 0 Å². The fraction of sp³-hybridized carbons (Fsp3) is 0.462. The number of rotatable bonds is 1. The van der Waals surface area contributed by atoms with Crippen LogP contribution in [0.3, 0.4) is 0 Å². The van der Waals surface area contributed by atoms with Crippen LogP contribution >= 0.6 is 0 Å².